The molecule has 132 valence electrons. The van der Waals surface area contributed by atoms with Crippen molar-refractivity contribution < 1.29 is 27.8 Å². The molecule has 1 heterocycles. The Morgan fingerprint density at radius 2 is 1.88 bits per heavy atom. The van der Waals surface area contributed by atoms with Crippen molar-refractivity contribution in [2.45, 2.75) is 51.8 Å². The molecule has 0 aliphatic carbocycles. The Morgan fingerprint density at radius 3 is 2.29 bits per heavy atom. The van der Waals surface area contributed by atoms with Crippen LogP contribution in [0, 0.1) is 0 Å². The van der Waals surface area contributed by atoms with Gasteiger partial charge in [0.1, 0.15) is 5.75 Å². The number of allylic oxidation sites excluding steroid dienone is 1. The lowest BCUT2D eigenvalue weighted by Crippen LogP contribution is -2.53. The Labute approximate surface area is 143 Å². The number of aromatic carboxylic acids is 1. The van der Waals surface area contributed by atoms with Crippen molar-refractivity contribution in [1.82, 2.24) is 0 Å². The Kier molecular flexibility index (Phi) is 4.91. The zero-order chi connectivity index (χ0) is 18.3. The van der Waals surface area contributed by atoms with Gasteiger partial charge in [0.25, 0.3) is 0 Å². The standard InChI is InChI=1S/C17H18ClF3O3/c1-4-9-10(5-2)16(6-3,17(19,20)21)24-12-8-7-11(18)14(13(9)12)15(22)23/h7-8H,4-6H2,1-3H3,(H,22,23). The molecule has 1 unspecified atom stereocenters. The number of benzene rings is 1. The van der Waals surface area contributed by atoms with Crippen molar-refractivity contribution in [3.05, 3.63) is 33.9 Å². The predicted octanol–water partition coefficient (Wildman–Crippen LogP) is 5.72. The van der Waals surface area contributed by atoms with Gasteiger partial charge in [0.15, 0.2) is 0 Å². The number of fused-ring (bicyclic) bond motifs is 1. The molecule has 7 heteroatoms. The molecular formula is C17H18ClF3O3. The zero-order valence-corrected chi connectivity index (χ0v) is 14.3. The number of halogens is 4. The molecule has 0 amide bonds. The highest BCUT2D eigenvalue weighted by atomic mass is 35.5. The number of alkyl halides is 3. The molecule has 3 nitrogen and oxygen atoms in total. The molecule has 0 bridgehead atoms. The SMILES string of the molecule is CCC1=C(CC)C(CC)(C(F)(F)F)Oc2ccc(Cl)c(C(=O)O)c21. The van der Waals surface area contributed by atoms with Gasteiger partial charge in [-0.3, -0.25) is 0 Å². The van der Waals surface area contributed by atoms with E-state index in [1.165, 1.54) is 19.1 Å². The van der Waals surface area contributed by atoms with E-state index in [4.69, 9.17) is 16.3 Å². The van der Waals surface area contributed by atoms with Crippen molar-refractivity contribution >= 4 is 23.1 Å². The van der Waals surface area contributed by atoms with Crippen LogP contribution < -0.4 is 4.74 Å². The molecular weight excluding hydrogens is 345 g/mol. The number of hydrogen-bond acceptors (Lipinski definition) is 2. The first-order valence-corrected chi connectivity index (χ1v) is 8.06. The highest BCUT2D eigenvalue weighted by Crippen LogP contribution is 2.53. The van der Waals surface area contributed by atoms with Gasteiger partial charge < -0.3 is 9.84 Å². The fraction of sp³-hybridized carbons (Fsp3) is 0.471. The molecule has 0 saturated heterocycles. The summed E-state index contributed by atoms with van der Waals surface area (Å²) in [5.41, 5.74) is -2.09. The molecule has 0 spiro atoms. The molecule has 1 aliphatic heterocycles. The van der Waals surface area contributed by atoms with Crippen molar-refractivity contribution in [3.8, 4) is 5.75 Å². The molecule has 0 radical (unpaired) electrons. The number of carboxylic acids is 1. The summed E-state index contributed by atoms with van der Waals surface area (Å²) in [4.78, 5) is 11.6. The van der Waals surface area contributed by atoms with Gasteiger partial charge in [-0.25, -0.2) is 4.79 Å². The van der Waals surface area contributed by atoms with E-state index in [2.05, 4.69) is 0 Å². The van der Waals surface area contributed by atoms with Crippen LogP contribution >= 0.6 is 11.6 Å². The molecule has 0 aromatic heterocycles. The van der Waals surface area contributed by atoms with Crippen LogP contribution in [0.1, 0.15) is 56.0 Å². The second-order valence-electron chi connectivity index (χ2n) is 5.55. The van der Waals surface area contributed by atoms with Gasteiger partial charge in [-0.15, -0.1) is 0 Å². The van der Waals surface area contributed by atoms with E-state index < -0.39 is 17.7 Å². The Hall–Kier alpha value is -1.69. The number of hydrogen-bond donors (Lipinski definition) is 1. The van der Waals surface area contributed by atoms with Crippen LogP contribution in [0.2, 0.25) is 5.02 Å². The third kappa shape index (κ3) is 2.57. The van der Waals surface area contributed by atoms with E-state index in [0.29, 0.717) is 5.57 Å². The van der Waals surface area contributed by atoms with Crippen molar-refractivity contribution in [2.24, 2.45) is 0 Å². The maximum absolute atomic E-state index is 13.9. The Balaban J connectivity index is 2.92. The maximum Gasteiger partial charge on any atom is 0.432 e. The predicted molar refractivity (Wildman–Crippen MR) is 85.6 cm³/mol. The topological polar surface area (TPSA) is 46.5 Å². The highest BCUT2D eigenvalue weighted by Gasteiger charge is 2.60. The normalized spacial score (nSPS) is 20.6. The van der Waals surface area contributed by atoms with Crippen molar-refractivity contribution in [3.63, 3.8) is 0 Å². The van der Waals surface area contributed by atoms with E-state index in [1.807, 2.05) is 0 Å². The van der Waals surface area contributed by atoms with Gasteiger partial charge in [-0.05, 0) is 42.5 Å². The van der Waals surface area contributed by atoms with E-state index in [-0.39, 0.29) is 46.7 Å². The van der Waals surface area contributed by atoms with E-state index >= 15 is 0 Å². The molecule has 1 atom stereocenters. The summed E-state index contributed by atoms with van der Waals surface area (Å²) in [7, 11) is 0. The fourth-order valence-corrected chi connectivity index (χ4v) is 3.64. The van der Waals surface area contributed by atoms with Gasteiger partial charge in [-0.2, -0.15) is 13.2 Å². The lowest BCUT2D eigenvalue weighted by molar-refractivity contribution is -0.235. The molecule has 1 aromatic carbocycles. The van der Waals surface area contributed by atoms with Gasteiger partial charge in [-0.1, -0.05) is 32.4 Å². The molecule has 2 rings (SSSR count). The quantitative estimate of drug-likeness (QED) is 0.745. The minimum absolute atomic E-state index is 0.0257. The summed E-state index contributed by atoms with van der Waals surface area (Å²) in [6.07, 6.45) is -4.57. The molecule has 0 saturated carbocycles. The third-order valence-electron chi connectivity index (χ3n) is 4.43. The van der Waals surface area contributed by atoms with Crippen molar-refractivity contribution in [2.75, 3.05) is 0 Å². The fourth-order valence-electron chi connectivity index (χ4n) is 3.40. The highest BCUT2D eigenvalue weighted by molar-refractivity contribution is 6.34. The zero-order valence-electron chi connectivity index (χ0n) is 13.6. The summed E-state index contributed by atoms with van der Waals surface area (Å²) < 4.78 is 47.0. The Morgan fingerprint density at radius 1 is 1.25 bits per heavy atom. The average Bonchev–Trinajstić information content (AvgIpc) is 2.51. The lowest BCUT2D eigenvalue weighted by Gasteiger charge is -2.42. The summed E-state index contributed by atoms with van der Waals surface area (Å²) in [5.74, 6) is -1.39. The third-order valence-corrected chi connectivity index (χ3v) is 4.75. The van der Waals surface area contributed by atoms with Crippen LogP contribution in [-0.4, -0.2) is 22.9 Å². The van der Waals surface area contributed by atoms with Crippen LogP contribution in [0.15, 0.2) is 17.7 Å². The monoisotopic (exact) mass is 362 g/mol. The van der Waals surface area contributed by atoms with E-state index in [9.17, 15) is 23.1 Å². The minimum Gasteiger partial charge on any atom is -0.478 e. The van der Waals surface area contributed by atoms with Crippen molar-refractivity contribution in [1.29, 1.82) is 0 Å². The van der Waals surface area contributed by atoms with Gasteiger partial charge in [0.05, 0.1) is 10.6 Å². The van der Waals surface area contributed by atoms with Crippen LogP contribution in [0.3, 0.4) is 0 Å². The second kappa shape index (κ2) is 6.31. The van der Waals surface area contributed by atoms with Gasteiger partial charge in [0, 0.05) is 5.56 Å². The first-order chi connectivity index (χ1) is 11.1. The summed E-state index contributed by atoms with van der Waals surface area (Å²) in [5, 5.41) is 9.43. The van der Waals surface area contributed by atoms with Crippen LogP contribution in [0.25, 0.3) is 5.57 Å². The van der Waals surface area contributed by atoms with E-state index in [0.717, 1.165) is 0 Å². The smallest absolute Gasteiger partial charge is 0.432 e. The molecule has 24 heavy (non-hydrogen) atoms. The first-order valence-electron chi connectivity index (χ1n) is 7.68. The Bertz CT molecular complexity index is 710. The summed E-state index contributed by atoms with van der Waals surface area (Å²) in [6, 6.07) is 2.56. The van der Waals surface area contributed by atoms with Crippen LogP contribution in [0.5, 0.6) is 5.75 Å². The minimum atomic E-state index is -4.62. The molecule has 1 aliphatic rings. The van der Waals surface area contributed by atoms with Crippen LogP contribution in [0.4, 0.5) is 13.2 Å². The maximum atomic E-state index is 13.9. The molecule has 1 N–H and O–H groups in total. The number of carboxylic acid groups (broad SMARTS) is 1. The average molecular weight is 363 g/mol. The second-order valence-corrected chi connectivity index (χ2v) is 5.95. The largest absolute Gasteiger partial charge is 0.478 e. The number of carbonyl (C=O) groups is 1. The van der Waals surface area contributed by atoms with Crippen LogP contribution in [-0.2, 0) is 0 Å². The number of rotatable bonds is 4. The molecule has 1 aromatic rings. The lowest BCUT2D eigenvalue weighted by atomic mass is 9.78. The molecule has 0 fully saturated rings. The van der Waals surface area contributed by atoms with E-state index in [1.54, 1.807) is 13.8 Å². The van der Waals surface area contributed by atoms with Gasteiger partial charge >= 0.3 is 12.1 Å². The summed E-state index contributed by atoms with van der Waals surface area (Å²) in [6.45, 7) is 4.72. The first kappa shape index (κ1) is 18.6. The van der Waals surface area contributed by atoms with Gasteiger partial charge in [0.2, 0.25) is 5.60 Å². The number of ether oxygens (including phenoxy) is 1. The summed E-state index contributed by atoms with van der Waals surface area (Å²) >= 11 is 5.98.